The summed E-state index contributed by atoms with van der Waals surface area (Å²) in [6.45, 7) is 3.53. The number of aryl methyl sites for hydroxylation is 1. The molecule has 0 bridgehead atoms. The second kappa shape index (κ2) is 10.8. The number of fused-ring (bicyclic) bond motifs is 1. The molecule has 1 amide bonds. The van der Waals surface area contributed by atoms with Gasteiger partial charge < -0.3 is 15.5 Å². The van der Waals surface area contributed by atoms with Crippen molar-refractivity contribution in [2.45, 2.75) is 45.8 Å². The van der Waals surface area contributed by atoms with Crippen molar-refractivity contribution < 1.29 is 29.0 Å². The topological polar surface area (TPSA) is 133 Å². The van der Waals surface area contributed by atoms with Crippen molar-refractivity contribution >= 4 is 17.8 Å². The summed E-state index contributed by atoms with van der Waals surface area (Å²) in [5, 5.41) is 21.7. The molecule has 0 radical (unpaired) electrons. The second-order valence-corrected chi connectivity index (χ2v) is 9.13. The van der Waals surface area contributed by atoms with Gasteiger partial charge in [-0.3, -0.25) is 14.5 Å². The number of carboxylic acid groups (broad SMARTS) is 2. The van der Waals surface area contributed by atoms with E-state index in [1.165, 1.54) is 18.5 Å². The SMILES string of the molecule is Cc1cc(CNC(=O)c2cc(CN(CC(=O)O)[C@H]3CCc4c3ccc(C(=O)O)c4C)ncn2)ccc1F. The molecule has 0 fully saturated rings. The lowest BCUT2D eigenvalue weighted by Gasteiger charge is -2.28. The molecule has 2 aromatic carbocycles. The van der Waals surface area contributed by atoms with E-state index in [1.807, 2.05) is 0 Å². The summed E-state index contributed by atoms with van der Waals surface area (Å²) in [4.78, 5) is 46.0. The fraction of sp³-hybridized carbons (Fsp3) is 0.296. The Bertz CT molecular complexity index is 1380. The van der Waals surface area contributed by atoms with E-state index in [-0.39, 0.29) is 42.8 Å². The summed E-state index contributed by atoms with van der Waals surface area (Å²) >= 11 is 0. The van der Waals surface area contributed by atoms with Crippen molar-refractivity contribution in [1.29, 1.82) is 0 Å². The van der Waals surface area contributed by atoms with E-state index in [2.05, 4.69) is 15.3 Å². The summed E-state index contributed by atoms with van der Waals surface area (Å²) in [7, 11) is 0. The lowest BCUT2D eigenvalue weighted by Crippen LogP contribution is -2.33. The molecule has 37 heavy (non-hydrogen) atoms. The molecule has 3 aromatic rings. The number of hydrogen-bond donors (Lipinski definition) is 3. The van der Waals surface area contributed by atoms with Gasteiger partial charge in [0.15, 0.2) is 0 Å². The summed E-state index contributed by atoms with van der Waals surface area (Å²) in [6.07, 6.45) is 2.54. The summed E-state index contributed by atoms with van der Waals surface area (Å²) in [6, 6.07) is 9.21. The van der Waals surface area contributed by atoms with Gasteiger partial charge in [-0.05, 0) is 72.7 Å². The first-order valence-electron chi connectivity index (χ1n) is 11.8. The molecule has 0 spiro atoms. The van der Waals surface area contributed by atoms with E-state index in [0.29, 0.717) is 29.7 Å². The maximum atomic E-state index is 13.5. The van der Waals surface area contributed by atoms with E-state index in [1.54, 1.807) is 43.0 Å². The predicted molar refractivity (Wildman–Crippen MR) is 132 cm³/mol. The van der Waals surface area contributed by atoms with Crippen molar-refractivity contribution in [2.75, 3.05) is 6.54 Å². The molecule has 10 heteroatoms. The number of halogens is 1. The van der Waals surface area contributed by atoms with Crippen LogP contribution in [0, 0.1) is 19.7 Å². The van der Waals surface area contributed by atoms with Crippen LogP contribution in [-0.2, 0) is 24.3 Å². The zero-order chi connectivity index (χ0) is 26.7. The number of nitrogens with one attached hydrogen (secondary N) is 1. The van der Waals surface area contributed by atoms with E-state index >= 15 is 0 Å². The number of hydrogen-bond acceptors (Lipinski definition) is 6. The third-order valence-corrected chi connectivity index (χ3v) is 6.67. The largest absolute Gasteiger partial charge is 0.480 e. The van der Waals surface area contributed by atoms with Crippen LogP contribution in [0.4, 0.5) is 4.39 Å². The van der Waals surface area contributed by atoms with Gasteiger partial charge >= 0.3 is 11.9 Å². The van der Waals surface area contributed by atoms with Crippen molar-refractivity contribution in [3.8, 4) is 0 Å². The molecule has 0 saturated heterocycles. The number of aliphatic carboxylic acids is 1. The number of carboxylic acids is 2. The molecule has 1 aromatic heterocycles. The molecule has 9 nitrogen and oxygen atoms in total. The molecule has 1 aliphatic rings. The van der Waals surface area contributed by atoms with E-state index in [9.17, 15) is 29.0 Å². The van der Waals surface area contributed by atoms with Crippen molar-refractivity contribution in [1.82, 2.24) is 20.2 Å². The lowest BCUT2D eigenvalue weighted by molar-refractivity contribution is -0.139. The van der Waals surface area contributed by atoms with Crippen LogP contribution in [-0.4, -0.2) is 49.5 Å². The average molecular weight is 507 g/mol. The standard InChI is InChI=1S/C27H27FN4O5/c1-15-9-17(3-7-22(15)28)11-29-26(35)23-10-18(30-14-31-23)12-32(13-25(33)34)24-8-6-19-16(2)20(27(36)37)4-5-21(19)24/h3-5,7,9-10,14,24H,6,8,11-13H2,1-2H3,(H,29,35)(H,33,34)(H,36,37)/t24-/m0/s1. The zero-order valence-electron chi connectivity index (χ0n) is 20.5. The number of aromatic nitrogens is 2. The van der Waals surface area contributed by atoms with Crippen LogP contribution >= 0.6 is 0 Å². The number of aromatic carboxylic acids is 1. The predicted octanol–water partition coefficient (Wildman–Crippen LogP) is 3.43. The maximum absolute atomic E-state index is 13.5. The van der Waals surface area contributed by atoms with Gasteiger partial charge in [-0.2, -0.15) is 0 Å². The van der Waals surface area contributed by atoms with Crippen LogP contribution in [0.15, 0.2) is 42.7 Å². The Morgan fingerprint density at radius 1 is 1.11 bits per heavy atom. The number of carbonyl (C=O) groups excluding carboxylic acids is 1. The summed E-state index contributed by atoms with van der Waals surface area (Å²) < 4.78 is 13.5. The molecular weight excluding hydrogens is 479 g/mol. The van der Waals surface area contributed by atoms with Crippen molar-refractivity contribution in [2.24, 2.45) is 0 Å². The normalized spacial score (nSPS) is 14.4. The first-order valence-corrected chi connectivity index (χ1v) is 11.8. The Labute approximate surface area is 213 Å². The van der Waals surface area contributed by atoms with Gasteiger partial charge in [-0.1, -0.05) is 18.2 Å². The first-order chi connectivity index (χ1) is 17.6. The maximum Gasteiger partial charge on any atom is 0.335 e. The molecule has 4 rings (SSSR count). The Morgan fingerprint density at radius 2 is 1.89 bits per heavy atom. The highest BCUT2D eigenvalue weighted by Crippen LogP contribution is 2.39. The lowest BCUT2D eigenvalue weighted by atomic mass is 9.97. The molecule has 1 aliphatic carbocycles. The molecular formula is C27H27FN4O5. The van der Waals surface area contributed by atoms with Gasteiger partial charge in [-0.15, -0.1) is 0 Å². The summed E-state index contributed by atoms with van der Waals surface area (Å²) in [5.74, 6) is -2.75. The minimum atomic E-state index is -1.01. The molecule has 3 N–H and O–H groups in total. The van der Waals surface area contributed by atoms with Gasteiger partial charge in [0.25, 0.3) is 5.91 Å². The van der Waals surface area contributed by atoms with E-state index in [4.69, 9.17) is 0 Å². The third-order valence-electron chi connectivity index (χ3n) is 6.67. The number of amides is 1. The molecule has 1 atom stereocenters. The van der Waals surface area contributed by atoms with Crippen LogP contribution in [0.1, 0.15) is 66.8 Å². The Hall–Kier alpha value is -4.18. The average Bonchev–Trinajstić information content (AvgIpc) is 3.29. The molecule has 0 saturated carbocycles. The van der Waals surface area contributed by atoms with Crippen LogP contribution in [0.5, 0.6) is 0 Å². The highest BCUT2D eigenvalue weighted by atomic mass is 19.1. The van der Waals surface area contributed by atoms with Gasteiger partial charge in [0.2, 0.25) is 0 Å². The summed E-state index contributed by atoms with van der Waals surface area (Å²) in [5.41, 5.74) is 4.61. The number of carbonyl (C=O) groups is 3. The Morgan fingerprint density at radius 3 is 2.59 bits per heavy atom. The number of benzene rings is 2. The minimum Gasteiger partial charge on any atom is -0.480 e. The molecule has 192 valence electrons. The van der Waals surface area contributed by atoms with Crippen LogP contribution in [0.2, 0.25) is 0 Å². The van der Waals surface area contributed by atoms with E-state index in [0.717, 1.165) is 16.7 Å². The number of nitrogens with zero attached hydrogens (tertiary/aromatic N) is 3. The van der Waals surface area contributed by atoms with E-state index < -0.39 is 17.8 Å². The van der Waals surface area contributed by atoms with Gasteiger partial charge in [-0.25, -0.2) is 19.2 Å². The third kappa shape index (κ3) is 5.80. The smallest absolute Gasteiger partial charge is 0.335 e. The minimum absolute atomic E-state index is 0.132. The monoisotopic (exact) mass is 506 g/mol. The fourth-order valence-electron chi connectivity index (χ4n) is 4.83. The fourth-order valence-corrected chi connectivity index (χ4v) is 4.83. The molecule has 1 heterocycles. The van der Waals surface area contributed by atoms with Crippen LogP contribution in [0.3, 0.4) is 0 Å². The van der Waals surface area contributed by atoms with Crippen molar-refractivity contribution in [3.05, 3.63) is 93.3 Å². The van der Waals surface area contributed by atoms with Gasteiger partial charge in [0, 0.05) is 19.1 Å². The molecule has 0 unspecified atom stereocenters. The zero-order valence-corrected chi connectivity index (χ0v) is 20.5. The molecule has 0 aliphatic heterocycles. The second-order valence-electron chi connectivity index (χ2n) is 9.13. The van der Waals surface area contributed by atoms with Gasteiger partial charge in [0.1, 0.15) is 17.8 Å². The number of rotatable bonds is 9. The van der Waals surface area contributed by atoms with Crippen molar-refractivity contribution in [3.63, 3.8) is 0 Å². The van der Waals surface area contributed by atoms with Gasteiger partial charge in [0.05, 0.1) is 17.8 Å². The Kier molecular flexibility index (Phi) is 7.58. The van der Waals surface area contributed by atoms with Crippen LogP contribution < -0.4 is 5.32 Å². The quantitative estimate of drug-likeness (QED) is 0.402. The Balaban J connectivity index is 1.51. The highest BCUT2D eigenvalue weighted by Gasteiger charge is 2.32. The highest BCUT2D eigenvalue weighted by molar-refractivity contribution is 5.92. The first kappa shape index (κ1) is 25.9. The van der Waals surface area contributed by atoms with Crippen LogP contribution in [0.25, 0.3) is 0 Å².